The second-order valence-corrected chi connectivity index (χ2v) is 4.73. The lowest BCUT2D eigenvalue weighted by Crippen LogP contribution is -2.22. The normalized spacial score (nSPS) is 13.8. The zero-order valence-electron chi connectivity index (χ0n) is 10.8. The fraction of sp³-hybridized carbons (Fsp3) is 0.133. The largest absolute Gasteiger partial charge is 0.416 e. The summed E-state index contributed by atoms with van der Waals surface area (Å²) in [5.74, 6) is 0. The number of carbonyl (C=O) groups excluding carboxylic acids is 1. The number of anilines is 2. The Balaban J connectivity index is 1.86. The number of alkyl halides is 3. The first kappa shape index (κ1) is 13.5. The number of aldehydes is 1. The zero-order chi connectivity index (χ0) is 15.0. The molecule has 3 nitrogen and oxygen atoms in total. The van der Waals surface area contributed by atoms with Crippen molar-refractivity contribution in [2.45, 2.75) is 12.7 Å². The average Bonchev–Trinajstić information content (AvgIpc) is 2.90. The molecule has 0 atom stereocenters. The molecule has 0 fully saturated rings. The van der Waals surface area contributed by atoms with Crippen molar-refractivity contribution in [2.75, 3.05) is 10.4 Å². The van der Waals surface area contributed by atoms with Gasteiger partial charge in [-0.1, -0.05) is 12.1 Å². The third-order valence-electron chi connectivity index (χ3n) is 3.42. The van der Waals surface area contributed by atoms with Crippen molar-refractivity contribution in [2.24, 2.45) is 0 Å². The Labute approximate surface area is 119 Å². The SMILES string of the molecule is O=Cc1cccc2c1CN(c1ccc(C(F)(F)F)cc1)N2. The van der Waals surface area contributed by atoms with E-state index in [2.05, 4.69) is 5.43 Å². The zero-order valence-corrected chi connectivity index (χ0v) is 10.8. The molecular formula is C15H11F3N2O. The molecule has 1 N–H and O–H groups in total. The second kappa shape index (κ2) is 4.80. The molecule has 2 aromatic carbocycles. The molecular weight excluding hydrogens is 281 g/mol. The number of rotatable bonds is 2. The van der Waals surface area contributed by atoms with Gasteiger partial charge in [0.15, 0.2) is 0 Å². The summed E-state index contributed by atoms with van der Waals surface area (Å²) < 4.78 is 37.6. The molecule has 0 unspecified atom stereocenters. The van der Waals surface area contributed by atoms with Gasteiger partial charge >= 0.3 is 6.18 Å². The molecule has 21 heavy (non-hydrogen) atoms. The summed E-state index contributed by atoms with van der Waals surface area (Å²) in [5, 5.41) is 1.71. The van der Waals surface area contributed by atoms with Crippen LogP contribution in [0.2, 0.25) is 0 Å². The van der Waals surface area contributed by atoms with Gasteiger partial charge in [-0.3, -0.25) is 15.2 Å². The maximum atomic E-state index is 12.5. The minimum atomic E-state index is -4.34. The molecule has 0 spiro atoms. The van der Waals surface area contributed by atoms with Crippen LogP contribution in [0.4, 0.5) is 24.5 Å². The standard InChI is InChI=1S/C15H11F3N2O/c16-15(17,18)11-4-6-12(7-5-11)20-8-13-10(9-21)2-1-3-14(13)19-20/h1-7,9,19H,8H2. The van der Waals surface area contributed by atoms with E-state index >= 15 is 0 Å². The quantitative estimate of drug-likeness (QED) is 0.853. The molecule has 2 aromatic rings. The first-order valence-corrected chi connectivity index (χ1v) is 6.27. The average molecular weight is 292 g/mol. The number of hydrazine groups is 1. The maximum Gasteiger partial charge on any atom is 0.416 e. The van der Waals surface area contributed by atoms with Gasteiger partial charge in [0, 0.05) is 11.1 Å². The minimum absolute atomic E-state index is 0.426. The number of carbonyl (C=O) groups is 1. The summed E-state index contributed by atoms with van der Waals surface area (Å²) in [6, 6.07) is 10.2. The number of nitrogens with zero attached hydrogens (tertiary/aromatic N) is 1. The van der Waals surface area contributed by atoms with Crippen molar-refractivity contribution in [1.82, 2.24) is 0 Å². The summed E-state index contributed by atoms with van der Waals surface area (Å²) in [6.45, 7) is 0.426. The van der Waals surface area contributed by atoms with Crippen molar-refractivity contribution in [1.29, 1.82) is 0 Å². The molecule has 0 saturated carbocycles. The van der Waals surface area contributed by atoms with E-state index in [-0.39, 0.29) is 0 Å². The van der Waals surface area contributed by atoms with Gasteiger partial charge in [-0.2, -0.15) is 13.2 Å². The van der Waals surface area contributed by atoms with Crippen molar-refractivity contribution in [3.05, 3.63) is 59.2 Å². The van der Waals surface area contributed by atoms with Crippen LogP contribution in [-0.2, 0) is 12.7 Å². The number of halogens is 3. The monoisotopic (exact) mass is 292 g/mol. The Morgan fingerprint density at radius 1 is 1.10 bits per heavy atom. The van der Waals surface area contributed by atoms with Crippen LogP contribution in [0.3, 0.4) is 0 Å². The van der Waals surface area contributed by atoms with Gasteiger partial charge in [0.2, 0.25) is 0 Å². The summed E-state index contributed by atoms with van der Waals surface area (Å²) >= 11 is 0. The van der Waals surface area contributed by atoms with E-state index in [0.29, 0.717) is 17.8 Å². The van der Waals surface area contributed by atoms with Crippen molar-refractivity contribution >= 4 is 17.7 Å². The van der Waals surface area contributed by atoms with E-state index in [9.17, 15) is 18.0 Å². The van der Waals surface area contributed by atoms with Crippen LogP contribution in [-0.4, -0.2) is 6.29 Å². The van der Waals surface area contributed by atoms with Gasteiger partial charge in [0.25, 0.3) is 0 Å². The lowest BCUT2D eigenvalue weighted by molar-refractivity contribution is -0.137. The highest BCUT2D eigenvalue weighted by molar-refractivity contribution is 5.83. The molecule has 1 aliphatic heterocycles. The Morgan fingerprint density at radius 3 is 2.43 bits per heavy atom. The summed E-state index contributed by atoms with van der Waals surface area (Å²) in [6.07, 6.45) is -3.57. The number of fused-ring (bicyclic) bond motifs is 1. The second-order valence-electron chi connectivity index (χ2n) is 4.73. The third-order valence-corrected chi connectivity index (χ3v) is 3.42. The van der Waals surface area contributed by atoms with Crippen LogP contribution in [0, 0.1) is 0 Å². The van der Waals surface area contributed by atoms with Gasteiger partial charge in [-0.15, -0.1) is 0 Å². The predicted molar refractivity (Wildman–Crippen MR) is 73.1 cm³/mol. The van der Waals surface area contributed by atoms with Gasteiger partial charge in [0.1, 0.15) is 6.29 Å². The first-order chi connectivity index (χ1) is 9.99. The molecule has 0 aromatic heterocycles. The highest BCUT2D eigenvalue weighted by Crippen LogP contribution is 2.34. The molecule has 1 aliphatic rings. The Hall–Kier alpha value is -2.50. The fourth-order valence-corrected chi connectivity index (χ4v) is 2.33. The van der Waals surface area contributed by atoms with Gasteiger partial charge in [0.05, 0.1) is 23.5 Å². The third kappa shape index (κ3) is 2.44. The van der Waals surface area contributed by atoms with Crippen LogP contribution in [0.25, 0.3) is 0 Å². The molecule has 3 rings (SSSR count). The summed E-state index contributed by atoms with van der Waals surface area (Å²) in [5.41, 5.74) is 5.21. The Bertz CT molecular complexity index is 680. The number of hydrogen-bond donors (Lipinski definition) is 1. The molecule has 0 aliphatic carbocycles. The predicted octanol–water partition coefficient (Wildman–Crippen LogP) is 3.87. The Morgan fingerprint density at radius 2 is 1.81 bits per heavy atom. The van der Waals surface area contributed by atoms with Crippen molar-refractivity contribution < 1.29 is 18.0 Å². The van der Waals surface area contributed by atoms with Crippen LogP contribution >= 0.6 is 0 Å². The number of hydrogen-bond acceptors (Lipinski definition) is 3. The van der Waals surface area contributed by atoms with Crippen LogP contribution < -0.4 is 10.4 Å². The molecule has 0 radical (unpaired) electrons. The maximum absolute atomic E-state index is 12.5. The Kier molecular flexibility index (Phi) is 3.08. The van der Waals surface area contributed by atoms with Crippen LogP contribution in [0.1, 0.15) is 21.5 Å². The minimum Gasteiger partial charge on any atom is -0.298 e. The lowest BCUT2D eigenvalue weighted by atomic mass is 10.1. The smallest absolute Gasteiger partial charge is 0.298 e. The fourth-order valence-electron chi connectivity index (χ4n) is 2.33. The van der Waals surface area contributed by atoms with E-state index in [0.717, 1.165) is 29.7 Å². The van der Waals surface area contributed by atoms with Crippen LogP contribution in [0.5, 0.6) is 0 Å². The molecule has 6 heteroatoms. The number of benzene rings is 2. The highest BCUT2D eigenvalue weighted by Gasteiger charge is 2.30. The topological polar surface area (TPSA) is 32.3 Å². The first-order valence-electron chi connectivity index (χ1n) is 6.27. The molecule has 1 heterocycles. The van der Waals surface area contributed by atoms with E-state index in [4.69, 9.17) is 0 Å². The van der Waals surface area contributed by atoms with Gasteiger partial charge < -0.3 is 0 Å². The van der Waals surface area contributed by atoms with E-state index in [1.54, 1.807) is 17.1 Å². The van der Waals surface area contributed by atoms with Gasteiger partial charge in [-0.25, -0.2) is 0 Å². The van der Waals surface area contributed by atoms with E-state index in [1.165, 1.54) is 12.1 Å². The molecule has 0 saturated heterocycles. The van der Waals surface area contributed by atoms with E-state index in [1.807, 2.05) is 6.07 Å². The number of nitrogens with one attached hydrogen (secondary N) is 1. The molecule has 0 bridgehead atoms. The molecule has 0 amide bonds. The van der Waals surface area contributed by atoms with Crippen molar-refractivity contribution in [3.8, 4) is 0 Å². The van der Waals surface area contributed by atoms with Crippen molar-refractivity contribution in [3.63, 3.8) is 0 Å². The highest BCUT2D eigenvalue weighted by atomic mass is 19.4. The summed E-state index contributed by atoms with van der Waals surface area (Å²) in [7, 11) is 0. The van der Waals surface area contributed by atoms with E-state index < -0.39 is 11.7 Å². The lowest BCUT2D eigenvalue weighted by Gasteiger charge is -2.19. The molecule has 108 valence electrons. The van der Waals surface area contributed by atoms with Gasteiger partial charge in [-0.05, 0) is 30.3 Å². The summed E-state index contributed by atoms with van der Waals surface area (Å²) in [4.78, 5) is 11.0. The van der Waals surface area contributed by atoms with Crippen LogP contribution in [0.15, 0.2) is 42.5 Å².